The summed E-state index contributed by atoms with van der Waals surface area (Å²) in [6, 6.07) is 1.49. The molecule has 0 aromatic heterocycles. The van der Waals surface area contributed by atoms with Gasteiger partial charge in [-0.1, -0.05) is 0 Å². The van der Waals surface area contributed by atoms with E-state index in [0.717, 1.165) is 18.5 Å². The second kappa shape index (κ2) is 4.22. The lowest BCUT2D eigenvalue weighted by atomic mass is 9.89. The van der Waals surface area contributed by atoms with E-state index < -0.39 is 0 Å². The highest BCUT2D eigenvalue weighted by molar-refractivity contribution is 5.05. The van der Waals surface area contributed by atoms with Crippen molar-refractivity contribution in [2.24, 2.45) is 11.7 Å². The van der Waals surface area contributed by atoms with Crippen molar-refractivity contribution >= 4 is 0 Å². The van der Waals surface area contributed by atoms with E-state index in [2.05, 4.69) is 23.6 Å². The number of nitrogens with two attached hydrogens (primary N) is 1. The minimum atomic E-state index is 0.272. The molecule has 3 heteroatoms. The lowest BCUT2D eigenvalue weighted by Gasteiger charge is -2.51. The van der Waals surface area contributed by atoms with Crippen LogP contribution < -0.4 is 5.73 Å². The largest absolute Gasteiger partial charge is 0.329 e. The van der Waals surface area contributed by atoms with Crippen LogP contribution in [0.1, 0.15) is 39.5 Å². The number of nitrogens with zero attached hydrogens (tertiary/aromatic N) is 2. The lowest BCUT2D eigenvalue weighted by molar-refractivity contribution is -0.0227. The van der Waals surface area contributed by atoms with Gasteiger partial charge in [-0.05, 0) is 52.0 Å². The van der Waals surface area contributed by atoms with Crippen LogP contribution in [-0.4, -0.2) is 53.6 Å². The third kappa shape index (κ3) is 1.92. The van der Waals surface area contributed by atoms with Crippen molar-refractivity contribution in [2.75, 3.05) is 26.2 Å². The molecule has 0 radical (unpaired) electrons. The van der Waals surface area contributed by atoms with Crippen LogP contribution in [0.2, 0.25) is 0 Å². The number of hydrogen-bond acceptors (Lipinski definition) is 3. The normalized spacial score (nSPS) is 39.0. The van der Waals surface area contributed by atoms with Crippen molar-refractivity contribution < 1.29 is 0 Å². The Labute approximate surface area is 105 Å². The smallest absolute Gasteiger partial charge is 0.0335 e. The Bertz CT molecular complexity index is 289. The molecule has 2 heterocycles. The zero-order valence-corrected chi connectivity index (χ0v) is 11.4. The zero-order chi connectivity index (χ0) is 12.0. The minimum absolute atomic E-state index is 0.272. The maximum absolute atomic E-state index is 6.12. The average molecular weight is 237 g/mol. The van der Waals surface area contributed by atoms with E-state index in [0.29, 0.717) is 6.04 Å². The summed E-state index contributed by atoms with van der Waals surface area (Å²) >= 11 is 0. The molecule has 3 unspecified atom stereocenters. The maximum Gasteiger partial charge on any atom is 0.0335 e. The van der Waals surface area contributed by atoms with Crippen LogP contribution in [0.5, 0.6) is 0 Å². The molecule has 1 saturated carbocycles. The van der Waals surface area contributed by atoms with E-state index >= 15 is 0 Å². The second-order valence-electron chi connectivity index (χ2n) is 6.63. The second-order valence-corrected chi connectivity index (χ2v) is 6.63. The summed E-state index contributed by atoms with van der Waals surface area (Å²) in [7, 11) is 0. The van der Waals surface area contributed by atoms with Crippen molar-refractivity contribution in [3.63, 3.8) is 0 Å². The van der Waals surface area contributed by atoms with Gasteiger partial charge in [0.25, 0.3) is 0 Å². The molecule has 2 saturated heterocycles. The molecule has 0 aromatic rings. The molecular formula is C14H27N3. The molecule has 3 rings (SSSR count). The van der Waals surface area contributed by atoms with E-state index in [-0.39, 0.29) is 5.54 Å². The van der Waals surface area contributed by atoms with Gasteiger partial charge in [0.05, 0.1) is 0 Å². The summed E-state index contributed by atoms with van der Waals surface area (Å²) in [5.41, 5.74) is 6.39. The van der Waals surface area contributed by atoms with Gasteiger partial charge in [0.2, 0.25) is 0 Å². The maximum atomic E-state index is 6.12. The van der Waals surface area contributed by atoms with Crippen molar-refractivity contribution in [3.8, 4) is 0 Å². The van der Waals surface area contributed by atoms with Crippen molar-refractivity contribution in [1.82, 2.24) is 9.80 Å². The number of fused-ring (bicyclic) bond motifs is 1. The van der Waals surface area contributed by atoms with Crippen LogP contribution in [0.25, 0.3) is 0 Å². The van der Waals surface area contributed by atoms with E-state index in [1.807, 2.05) is 0 Å². The molecule has 0 amide bonds. The van der Waals surface area contributed by atoms with Crippen molar-refractivity contribution in [3.05, 3.63) is 0 Å². The fourth-order valence-electron chi connectivity index (χ4n) is 4.12. The number of hydrogen-bond donors (Lipinski definition) is 1. The average Bonchev–Trinajstić information content (AvgIpc) is 3.08. The van der Waals surface area contributed by atoms with Crippen LogP contribution in [0.15, 0.2) is 0 Å². The van der Waals surface area contributed by atoms with Crippen LogP contribution in [0, 0.1) is 5.92 Å². The van der Waals surface area contributed by atoms with Gasteiger partial charge < -0.3 is 5.73 Å². The van der Waals surface area contributed by atoms with Gasteiger partial charge in [-0.15, -0.1) is 0 Å². The number of piperazine rings is 1. The quantitative estimate of drug-likeness (QED) is 0.802. The van der Waals surface area contributed by atoms with Gasteiger partial charge >= 0.3 is 0 Å². The molecule has 1 aliphatic carbocycles. The molecular weight excluding hydrogens is 210 g/mol. The Kier molecular flexibility index (Phi) is 2.96. The van der Waals surface area contributed by atoms with E-state index in [1.165, 1.54) is 45.3 Å². The summed E-state index contributed by atoms with van der Waals surface area (Å²) in [6.45, 7) is 9.47. The first-order chi connectivity index (χ1) is 8.15. The molecule has 0 spiro atoms. The third-order valence-corrected chi connectivity index (χ3v) is 5.46. The molecule has 2 N–H and O–H groups in total. The van der Waals surface area contributed by atoms with Gasteiger partial charge in [-0.25, -0.2) is 0 Å². The standard InChI is InChI=1S/C14H27N3/c1-11-8-16-7-3-4-13(16)9-17(11)14(2,10-15)12-5-6-12/h11-13H,3-10,15H2,1-2H3. The van der Waals surface area contributed by atoms with Gasteiger partial charge in [0.1, 0.15) is 0 Å². The van der Waals surface area contributed by atoms with Gasteiger partial charge in [-0.2, -0.15) is 0 Å². The third-order valence-electron chi connectivity index (χ3n) is 5.46. The van der Waals surface area contributed by atoms with Crippen LogP contribution in [0.3, 0.4) is 0 Å². The van der Waals surface area contributed by atoms with E-state index in [4.69, 9.17) is 5.73 Å². The first-order valence-corrected chi connectivity index (χ1v) is 7.36. The van der Waals surface area contributed by atoms with Gasteiger partial charge in [-0.3, -0.25) is 9.80 Å². The molecule has 3 fully saturated rings. The fourth-order valence-corrected chi connectivity index (χ4v) is 4.12. The summed E-state index contributed by atoms with van der Waals surface area (Å²) in [5.74, 6) is 0.864. The van der Waals surface area contributed by atoms with Gasteiger partial charge in [0, 0.05) is 37.3 Å². The molecule has 98 valence electrons. The van der Waals surface area contributed by atoms with Crippen LogP contribution in [-0.2, 0) is 0 Å². The topological polar surface area (TPSA) is 32.5 Å². The fraction of sp³-hybridized carbons (Fsp3) is 1.00. The Morgan fingerprint density at radius 2 is 2.00 bits per heavy atom. The minimum Gasteiger partial charge on any atom is -0.329 e. The van der Waals surface area contributed by atoms with Gasteiger partial charge in [0.15, 0.2) is 0 Å². The highest BCUT2D eigenvalue weighted by atomic mass is 15.3. The van der Waals surface area contributed by atoms with Crippen molar-refractivity contribution in [2.45, 2.75) is 57.2 Å². The molecule has 0 aromatic carbocycles. The molecule has 0 bridgehead atoms. The lowest BCUT2D eigenvalue weighted by Crippen LogP contribution is -2.65. The first kappa shape index (κ1) is 11.9. The highest BCUT2D eigenvalue weighted by Gasteiger charge is 2.49. The molecule has 3 aliphatic rings. The zero-order valence-electron chi connectivity index (χ0n) is 11.4. The predicted molar refractivity (Wildman–Crippen MR) is 70.9 cm³/mol. The Balaban J connectivity index is 1.77. The molecule has 17 heavy (non-hydrogen) atoms. The summed E-state index contributed by atoms with van der Waals surface area (Å²) in [4.78, 5) is 5.45. The van der Waals surface area contributed by atoms with Crippen LogP contribution in [0.4, 0.5) is 0 Å². The van der Waals surface area contributed by atoms with Crippen LogP contribution >= 0.6 is 0 Å². The summed E-state index contributed by atoms with van der Waals surface area (Å²) in [5, 5.41) is 0. The number of rotatable bonds is 3. The monoisotopic (exact) mass is 237 g/mol. The van der Waals surface area contributed by atoms with E-state index in [9.17, 15) is 0 Å². The summed E-state index contributed by atoms with van der Waals surface area (Å²) in [6.07, 6.45) is 5.58. The Morgan fingerprint density at radius 1 is 1.24 bits per heavy atom. The Morgan fingerprint density at radius 3 is 2.65 bits per heavy atom. The summed E-state index contributed by atoms with van der Waals surface area (Å²) < 4.78 is 0. The predicted octanol–water partition coefficient (Wildman–Crippen LogP) is 1.28. The molecule has 2 aliphatic heterocycles. The molecule has 3 atom stereocenters. The SMILES string of the molecule is CC1CN2CCCC2CN1C(C)(CN)C1CC1. The molecule has 3 nitrogen and oxygen atoms in total. The van der Waals surface area contributed by atoms with E-state index in [1.54, 1.807) is 0 Å². The van der Waals surface area contributed by atoms with Crippen molar-refractivity contribution in [1.29, 1.82) is 0 Å². The first-order valence-electron chi connectivity index (χ1n) is 7.36. The Hall–Kier alpha value is -0.120. The highest BCUT2D eigenvalue weighted by Crippen LogP contribution is 2.44.